The van der Waals surface area contributed by atoms with E-state index in [4.69, 9.17) is 14.9 Å². The molecule has 8 nitrogen and oxygen atoms in total. The van der Waals surface area contributed by atoms with E-state index in [0.29, 0.717) is 36.3 Å². The lowest BCUT2D eigenvalue weighted by molar-refractivity contribution is 0.0948. The predicted molar refractivity (Wildman–Crippen MR) is 110 cm³/mol. The van der Waals surface area contributed by atoms with Gasteiger partial charge in [-0.25, -0.2) is 4.98 Å². The Morgan fingerprint density at radius 2 is 2.10 bits per heavy atom. The summed E-state index contributed by atoms with van der Waals surface area (Å²) in [6, 6.07) is 9.25. The number of hydrogen-bond donors (Lipinski definition) is 3. The SMILES string of the molecule is CCOc1nc(Nc2ccc(-c3cnco3)cc2)cc(N)c1C(=O)NCC1CC1. The van der Waals surface area contributed by atoms with Crippen molar-refractivity contribution < 1.29 is 13.9 Å². The second-order valence-electron chi connectivity index (χ2n) is 6.93. The van der Waals surface area contributed by atoms with Crippen molar-refractivity contribution in [3.63, 3.8) is 0 Å². The van der Waals surface area contributed by atoms with Crippen LogP contribution in [0.3, 0.4) is 0 Å². The normalized spacial score (nSPS) is 13.1. The van der Waals surface area contributed by atoms with E-state index >= 15 is 0 Å². The van der Waals surface area contributed by atoms with Gasteiger partial charge in [-0.3, -0.25) is 4.79 Å². The molecule has 1 aliphatic carbocycles. The highest BCUT2D eigenvalue weighted by Crippen LogP contribution is 2.30. The zero-order chi connectivity index (χ0) is 20.2. The first-order valence-electron chi connectivity index (χ1n) is 9.61. The van der Waals surface area contributed by atoms with Crippen LogP contribution in [0.25, 0.3) is 11.3 Å². The Morgan fingerprint density at radius 1 is 1.31 bits per heavy atom. The number of carbonyl (C=O) groups excluding carboxylic acids is 1. The first kappa shape index (κ1) is 18.8. The van der Waals surface area contributed by atoms with Crippen molar-refractivity contribution in [2.75, 3.05) is 24.2 Å². The van der Waals surface area contributed by atoms with Gasteiger partial charge in [0, 0.05) is 23.9 Å². The number of amides is 1. The summed E-state index contributed by atoms with van der Waals surface area (Å²) in [5, 5.41) is 6.11. The Bertz CT molecular complexity index is 982. The fourth-order valence-corrected chi connectivity index (χ4v) is 2.95. The molecule has 2 aromatic heterocycles. The van der Waals surface area contributed by atoms with E-state index in [1.807, 2.05) is 31.2 Å². The summed E-state index contributed by atoms with van der Waals surface area (Å²) < 4.78 is 10.9. The van der Waals surface area contributed by atoms with E-state index in [9.17, 15) is 4.79 Å². The number of ether oxygens (including phenoxy) is 1. The first-order chi connectivity index (χ1) is 14.1. The van der Waals surface area contributed by atoms with Crippen molar-refractivity contribution in [1.29, 1.82) is 0 Å². The van der Waals surface area contributed by atoms with E-state index in [1.54, 1.807) is 12.3 Å². The third-order valence-corrected chi connectivity index (χ3v) is 4.65. The van der Waals surface area contributed by atoms with Crippen LogP contribution in [0.2, 0.25) is 0 Å². The van der Waals surface area contributed by atoms with Crippen molar-refractivity contribution in [2.45, 2.75) is 19.8 Å². The number of pyridine rings is 1. The zero-order valence-corrected chi connectivity index (χ0v) is 16.1. The summed E-state index contributed by atoms with van der Waals surface area (Å²) in [6.07, 6.45) is 5.37. The van der Waals surface area contributed by atoms with Gasteiger partial charge >= 0.3 is 0 Å². The van der Waals surface area contributed by atoms with Crippen LogP contribution in [0, 0.1) is 5.92 Å². The predicted octanol–water partition coefficient (Wildman–Crippen LogP) is 3.60. The van der Waals surface area contributed by atoms with Crippen molar-refractivity contribution >= 4 is 23.1 Å². The molecule has 0 atom stereocenters. The maximum absolute atomic E-state index is 12.6. The van der Waals surface area contributed by atoms with Gasteiger partial charge in [-0.2, -0.15) is 4.98 Å². The van der Waals surface area contributed by atoms with Crippen LogP contribution in [0.5, 0.6) is 5.88 Å². The van der Waals surface area contributed by atoms with Crippen molar-refractivity contribution in [2.24, 2.45) is 5.92 Å². The Kier molecular flexibility index (Phi) is 5.33. The summed E-state index contributed by atoms with van der Waals surface area (Å²) >= 11 is 0. The van der Waals surface area contributed by atoms with Crippen LogP contribution in [0.1, 0.15) is 30.1 Å². The summed E-state index contributed by atoms with van der Waals surface area (Å²) in [4.78, 5) is 20.9. The number of carbonyl (C=O) groups is 1. The van der Waals surface area contributed by atoms with Gasteiger partial charge < -0.3 is 25.5 Å². The Balaban J connectivity index is 1.53. The van der Waals surface area contributed by atoms with Gasteiger partial charge in [0.15, 0.2) is 12.2 Å². The molecule has 1 fully saturated rings. The molecule has 1 aliphatic rings. The number of oxazole rings is 1. The molecule has 4 N–H and O–H groups in total. The highest BCUT2D eigenvalue weighted by atomic mass is 16.5. The molecule has 0 saturated heterocycles. The second-order valence-corrected chi connectivity index (χ2v) is 6.93. The molecule has 0 bridgehead atoms. The molecule has 1 aromatic carbocycles. The maximum Gasteiger partial charge on any atom is 0.258 e. The van der Waals surface area contributed by atoms with E-state index in [0.717, 1.165) is 24.1 Å². The third kappa shape index (κ3) is 4.48. The smallest absolute Gasteiger partial charge is 0.258 e. The van der Waals surface area contributed by atoms with Gasteiger partial charge in [0.25, 0.3) is 5.91 Å². The monoisotopic (exact) mass is 393 g/mol. The van der Waals surface area contributed by atoms with Gasteiger partial charge in [0.1, 0.15) is 11.4 Å². The van der Waals surface area contributed by atoms with Gasteiger partial charge in [0.05, 0.1) is 18.5 Å². The number of benzene rings is 1. The average molecular weight is 393 g/mol. The van der Waals surface area contributed by atoms with Crippen LogP contribution in [-0.2, 0) is 0 Å². The van der Waals surface area contributed by atoms with Crippen LogP contribution in [0.4, 0.5) is 17.2 Å². The lowest BCUT2D eigenvalue weighted by Gasteiger charge is -2.15. The quantitative estimate of drug-likeness (QED) is 0.535. The fraction of sp³-hybridized carbons (Fsp3) is 0.286. The number of anilines is 3. The minimum absolute atomic E-state index is 0.224. The number of nitrogen functional groups attached to an aromatic ring is 1. The van der Waals surface area contributed by atoms with Crippen molar-refractivity contribution in [3.8, 4) is 17.2 Å². The number of nitrogens with two attached hydrogens (primary N) is 1. The molecular formula is C21H23N5O3. The Morgan fingerprint density at radius 3 is 2.76 bits per heavy atom. The van der Waals surface area contributed by atoms with E-state index in [2.05, 4.69) is 20.6 Å². The van der Waals surface area contributed by atoms with Crippen LogP contribution in [-0.4, -0.2) is 29.0 Å². The van der Waals surface area contributed by atoms with Crippen LogP contribution >= 0.6 is 0 Å². The summed E-state index contributed by atoms with van der Waals surface area (Å²) in [5.74, 6) is 1.73. The fourth-order valence-electron chi connectivity index (χ4n) is 2.95. The average Bonchev–Trinajstić information content (AvgIpc) is 3.38. The molecule has 29 heavy (non-hydrogen) atoms. The summed E-state index contributed by atoms with van der Waals surface area (Å²) in [6.45, 7) is 2.87. The van der Waals surface area contributed by atoms with Gasteiger partial charge in [-0.05, 0) is 49.9 Å². The van der Waals surface area contributed by atoms with E-state index in [-0.39, 0.29) is 17.4 Å². The number of rotatable bonds is 8. The molecule has 2 heterocycles. The molecule has 1 amide bonds. The largest absolute Gasteiger partial charge is 0.477 e. The summed E-state index contributed by atoms with van der Waals surface area (Å²) in [7, 11) is 0. The molecule has 0 radical (unpaired) electrons. The molecule has 8 heteroatoms. The third-order valence-electron chi connectivity index (χ3n) is 4.65. The van der Waals surface area contributed by atoms with Gasteiger partial charge in [-0.15, -0.1) is 0 Å². The minimum atomic E-state index is -0.256. The van der Waals surface area contributed by atoms with Crippen molar-refractivity contribution in [3.05, 3.63) is 48.5 Å². The number of nitrogens with zero attached hydrogens (tertiary/aromatic N) is 2. The second kappa shape index (κ2) is 8.22. The highest BCUT2D eigenvalue weighted by Gasteiger charge is 2.24. The molecule has 0 aliphatic heterocycles. The zero-order valence-electron chi connectivity index (χ0n) is 16.1. The Hall–Kier alpha value is -3.55. The molecule has 3 aromatic rings. The molecule has 4 rings (SSSR count). The van der Waals surface area contributed by atoms with Gasteiger partial charge in [-0.1, -0.05) is 0 Å². The molecule has 150 valence electrons. The number of nitrogens with one attached hydrogen (secondary N) is 2. The molecule has 0 unspecified atom stereocenters. The lowest BCUT2D eigenvalue weighted by atomic mass is 10.1. The summed E-state index contributed by atoms with van der Waals surface area (Å²) in [5.41, 5.74) is 8.50. The Labute approximate surface area is 168 Å². The number of aromatic nitrogens is 2. The number of hydrogen-bond acceptors (Lipinski definition) is 7. The first-order valence-corrected chi connectivity index (χ1v) is 9.61. The van der Waals surface area contributed by atoms with E-state index < -0.39 is 0 Å². The maximum atomic E-state index is 12.6. The van der Waals surface area contributed by atoms with Crippen molar-refractivity contribution in [1.82, 2.24) is 15.3 Å². The van der Waals surface area contributed by atoms with E-state index in [1.165, 1.54) is 6.39 Å². The lowest BCUT2D eigenvalue weighted by Crippen LogP contribution is -2.27. The highest BCUT2D eigenvalue weighted by molar-refractivity contribution is 6.01. The molecule has 1 saturated carbocycles. The minimum Gasteiger partial charge on any atom is -0.477 e. The van der Waals surface area contributed by atoms with Crippen LogP contribution < -0.4 is 21.1 Å². The molecule has 0 spiro atoms. The standard InChI is InChI=1S/C21H23N5O3/c1-2-28-21-19(20(27)24-10-13-3-4-13)16(22)9-18(26-21)25-15-7-5-14(6-8-15)17-11-23-12-29-17/h5-9,11-13H,2-4,10H2,1H3,(H,24,27)(H3,22,25,26). The molecular weight excluding hydrogens is 370 g/mol. The topological polar surface area (TPSA) is 115 Å². The van der Waals surface area contributed by atoms with Gasteiger partial charge in [0.2, 0.25) is 5.88 Å². The van der Waals surface area contributed by atoms with Crippen LogP contribution in [0.15, 0.2) is 47.3 Å².